The van der Waals surface area contributed by atoms with Gasteiger partial charge in [-0.1, -0.05) is 17.7 Å². The van der Waals surface area contributed by atoms with Gasteiger partial charge in [0.2, 0.25) is 0 Å². The molecule has 0 bridgehead atoms. The Morgan fingerprint density at radius 3 is 2.40 bits per heavy atom. The molecule has 1 aliphatic heterocycles. The van der Waals surface area contributed by atoms with Gasteiger partial charge in [-0.15, -0.1) is 0 Å². The number of benzene rings is 1. The lowest BCUT2D eigenvalue weighted by Crippen LogP contribution is -2.52. The van der Waals surface area contributed by atoms with Crippen molar-refractivity contribution in [1.82, 2.24) is 9.80 Å². The third-order valence-corrected chi connectivity index (χ3v) is 4.90. The van der Waals surface area contributed by atoms with Crippen molar-refractivity contribution in [3.05, 3.63) is 34.3 Å². The smallest absolute Gasteiger partial charge is 0.410 e. The van der Waals surface area contributed by atoms with E-state index in [0.29, 0.717) is 12.1 Å². The van der Waals surface area contributed by atoms with E-state index in [1.165, 1.54) is 24.1 Å². The molecule has 10 heteroatoms. The Hall–Kier alpha value is -2.00. The number of halogens is 4. The first kappa shape index (κ1) is 24.3. The van der Waals surface area contributed by atoms with Crippen LogP contribution in [0.5, 0.6) is 0 Å². The molecule has 168 valence electrons. The van der Waals surface area contributed by atoms with Gasteiger partial charge in [0.1, 0.15) is 5.60 Å². The van der Waals surface area contributed by atoms with Crippen LogP contribution in [-0.4, -0.2) is 66.9 Å². The van der Waals surface area contributed by atoms with Crippen molar-refractivity contribution in [2.24, 2.45) is 0 Å². The lowest BCUT2D eigenvalue weighted by Gasteiger charge is -2.42. The molecule has 0 spiro atoms. The minimum Gasteiger partial charge on any atom is -0.465 e. The third kappa shape index (κ3) is 6.77. The first-order chi connectivity index (χ1) is 13.8. The van der Waals surface area contributed by atoms with Crippen molar-refractivity contribution in [3.63, 3.8) is 0 Å². The first-order valence-corrected chi connectivity index (χ1v) is 9.85. The summed E-state index contributed by atoms with van der Waals surface area (Å²) in [4.78, 5) is 27.6. The second-order valence-corrected chi connectivity index (χ2v) is 8.49. The number of esters is 1. The minimum absolute atomic E-state index is 0.135. The molecule has 1 fully saturated rings. The predicted molar refractivity (Wildman–Crippen MR) is 106 cm³/mol. The van der Waals surface area contributed by atoms with Gasteiger partial charge in [-0.2, -0.15) is 13.2 Å². The summed E-state index contributed by atoms with van der Waals surface area (Å²) in [5, 5.41) is 0.135. The molecule has 1 aromatic rings. The van der Waals surface area contributed by atoms with E-state index < -0.39 is 36.3 Å². The summed E-state index contributed by atoms with van der Waals surface area (Å²) in [6, 6.07) is 4.05. The van der Waals surface area contributed by atoms with E-state index in [-0.39, 0.29) is 30.2 Å². The van der Waals surface area contributed by atoms with Gasteiger partial charge < -0.3 is 9.47 Å². The van der Waals surface area contributed by atoms with E-state index in [2.05, 4.69) is 4.74 Å². The summed E-state index contributed by atoms with van der Waals surface area (Å²) in [6.07, 6.45) is -5.76. The van der Waals surface area contributed by atoms with E-state index in [4.69, 9.17) is 16.3 Å². The van der Waals surface area contributed by atoms with Crippen molar-refractivity contribution in [3.8, 4) is 0 Å². The zero-order chi connectivity index (χ0) is 22.7. The number of nitrogens with zero attached hydrogens (tertiary/aromatic N) is 2. The molecule has 0 aromatic heterocycles. The Morgan fingerprint density at radius 1 is 1.20 bits per heavy atom. The molecule has 2 rings (SSSR count). The third-order valence-electron chi connectivity index (χ3n) is 4.59. The topological polar surface area (TPSA) is 59.1 Å². The van der Waals surface area contributed by atoms with Gasteiger partial charge in [-0.05, 0) is 38.5 Å². The summed E-state index contributed by atoms with van der Waals surface area (Å²) in [7, 11) is 1.23. The van der Waals surface area contributed by atoms with Crippen LogP contribution in [0.4, 0.5) is 18.0 Å². The highest BCUT2D eigenvalue weighted by Gasteiger charge is 2.36. The lowest BCUT2D eigenvalue weighted by atomic mass is 10.0. The van der Waals surface area contributed by atoms with Crippen LogP contribution in [0.15, 0.2) is 18.2 Å². The molecule has 1 amide bonds. The quantitative estimate of drug-likeness (QED) is 0.624. The van der Waals surface area contributed by atoms with Crippen LogP contribution in [0.1, 0.15) is 49.2 Å². The van der Waals surface area contributed by atoms with E-state index in [0.717, 1.165) is 0 Å². The fourth-order valence-corrected chi connectivity index (χ4v) is 3.43. The molecule has 1 atom stereocenters. The number of hydrogen-bond donors (Lipinski definition) is 0. The first-order valence-electron chi connectivity index (χ1n) is 9.47. The van der Waals surface area contributed by atoms with Crippen LogP contribution in [0.3, 0.4) is 0 Å². The Bertz CT molecular complexity index is 780. The Kier molecular flexibility index (Phi) is 7.63. The highest BCUT2D eigenvalue weighted by atomic mass is 35.5. The highest BCUT2D eigenvalue weighted by Crippen LogP contribution is 2.31. The molecule has 1 unspecified atom stereocenters. The van der Waals surface area contributed by atoms with Gasteiger partial charge >= 0.3 is 18.2 Å². The zero-order valence-electron chi connectivity index (χ0n) is 17.4. The summed E-state index contributed by atoms with van der Waals surface area (Å²) < 4.78 is 48.1. The summed E-state index contributed by atoms with van der Waals surface area (Å²) in [6.45, 7) is 5.72. The van der Waals surface area contributed by atoms with E-state index in [1.807, 2.05) is 0 Å². The number of carbonyl (C=O) groups is 2. The van der Waals surface area contributed by atoms with E-state index in [1.54, 1.807) is 31.7 Å². The fourth-order valence-electron chi connectivity index (χ4n) is 3.17. The molecule has 1 aromatic carbocycles. The van der Waals surface area contributed by atoms with Gasteiger partial charge in [0, 0.05) is 26.2 Å². The molecule has 1 aliphatic rings. The second kappa shape index (κ2) is 9.43. The molecular formula is C20H26ClF3N2O4. The fraction of sp³-hybridized carbons (Fsp3) is 0.600. The Balaban J connectivity index is 2.30. The number of piperazine rings is 1. The number of methoxy groups -OCH3 is 1. The summed E-state index contributed by atoms with van der Waals surface area (Å²) in [5.74, 6) is -0.606. The lowest BCUT2D eigenvalue weighted by molar-refractivity contribution is -0.139. The number of carbonyl (C=O) groups excluding carboxylic acids is 2. The van der Waals surface area contributed by atoms with Crippen LogP contribution in [-0.2, 0) is 9.47 Å². The van der Waals surface area contributed by atoms with Crippen molar-refractivity contribution < 1.29 is 32.2 Å². The maximum atomic E-state index is 12.7. The molecule has 6 nitrogen and oxygen atoms in total. The zero-order valence-corrected chi connectivity index (χ0v) is 18.1. The molecule has 1 saturated heterocycles. The van der Waals surface area contributed by atoms with Crippen LogP contribution in [0.25, 0.3) is 0 Å². The van der Waals surface area contributed by atoms with Crippen molar-refractivity contribution >= 4 is 23.7 Å². The van der Waals surface area contributed by atoms with Crippen molar-refractivity contribution in [1.29, 1.82) is 0 Å². The van der Waals surface area contributed by atoms with Crippen LogP contribution in [0, 0.1) is 0 Å². The molecular weight excluding hydrogens is 425 g/mol. The van der Waals surface area contributed by atoms with Gasteiger partial charge in [-0.25, -0.2) is 9.59 Å². The van der Waals surface area contributed by atoms with Gasteiger partial charge in [0.05, 0.1) is 30.2 Å². The average Bonchev–Trinajstić information content (AvgIpc) is 2.63. The number of rotatable bonds is 4. The number of hydrogen-bond acceptors (Lipinski definition) is 5. The minimum atomic E-state index is -4.26. The molecule has 0 radical (unpaired) electrons. The monoisotopic (exact) mass is 450 g/mol. The summed E-state index contributed by atoms with van der Waals surface area (Å²) in [5.41, 5.74) is 0.0354. The molecule has 0 aliphatic carbocycles. The number of alkyl halides is 3. The SMILES string of the molecule is COC(=O)c1ccc(C2CN(CCC(F)(F)F)CCN2C(=O)OC(C)(C)C)cc1Cl. The van der Waals surface area contributed by atoms with E-state index >= 15 is 0 Å². The number of amides is 1. The maximum absolute atomic E-state index is 12.7. The molecule has 0 saturated carbocycles. The van der Waals surface area contributed by atoms with Gasteiger partial charge in [0.25, 0.3) is 0 Å². The average molecular weight is 451 g/mol. The Labute approximate surface area is 178 Å². The molecule has 1 heterocycles. The summed E-state index contributed by atoms with van der Waals surface area (Å²) >= 11 is 6.22. The largest absolute Gasteiger partial charge is 0.465 e. The Morgan fingerprint density at radius 2 is 1.87 bits per heavy atom. The van der Waals surface area contributed by atoms with Crippen LogP contribution < -0.4 is 0 Å². The standard InChI is InChI=1S/C20H26ClF3N2O4/c1-19(2,3)30-18(28)26-10-9-25(8-7-20(22,23)24)12-16(26)13-5-6-14(15(21)11-13)17(27)29-4/h5-6,11,16H,7-10,12H2,1-4H3. The maximum Gasteiger partial charge on any atom is 0.410 e. The predicted octanol–water partition coefficient (Wildman–Crippen LogP) is 4.67. The van der Waals surface area contributed by atoms with E-state index in [9.17, 15) is 22.8 Å². The second-order valence-electron chi connectivity index (χ2n) is 8.09. The van der Waals surface area contributed by atoms with Crippen molar-refractivity contribution in [2.75, 3.05) is 33.3 Å². The van der Waals surface area contributed by atoms with Crippen LogP contribution in [0.2, 0.25) is 5.02 Å². The number of ether oxygens (including phenoxy) is 2. The van der Waals surface area contributed by atoms with Crippen molar-refractivity contribution in [2.45, 2.75) is 45.0 Å². The van der Waals surface area contributed by atoms with Gasteiger partial charge in [-0.3, -0.25) is 9.80 Å². The normalized spacial score (nSPS) is 18.3. The van der Waals surface area contributed by atoms with Crippen LogP contribution >= 0.6 is 11.6 Å². The van der Waals surface area contributed by atoms with Gasteiger partial charge in [0.15, 0.2) is 0 Å². The highest BCUT2D eigenvalue weighted by molar-refractivity contribution is 6.33. The molecule has 30 heavy (non-hydrogen) atoms. The molecule has 0 N–H and O–H groups in total.